The third-order valence-corrected chi connectivity index (χ3v) is 4.40. The lowest BCUT2D eigenvalue weighted by Gasteiger charge is -2.22. The van der Waals surface area contributed by atoms with Gasteiger partial charge in [-0.2, -0.15) is 0 Å². The number of anilines is 2. The fourth-order valence-electron chi connectivity index (χ4n) is 2.77. The van der Waals surface area contributed by atoms with Crippen molar-refractivity contribution in [1.82, 2.24) is 0 Å². The van der Waals surface area contributed by atoms with Crippen LogP contribution in [0.2, 0.25) is 0 Å². The van der Waals surface area contributed by atoms with E-state index < -0.39 is 0 Å². The third kappa shape index (κ3) is 3.96. The minimum Gasteiger partial charge on any atom is -0.454 e. The molecule has 1 N–H and O–H groups in total. The first-order chi connectivity index (χ1) is 12.4. The van der Waals surface area contributed by atoms with E-state index in [1.54, 1.807) is 23.1 Å². The summed E-state index contributed by atoms with van der Waals surface area (Å²) in [5.41, 5.74) is 3.72. The van der Waals surface area contributed by atoms with E-state index in [9.17, 15) is 9.59 Å². The molecule has 6 heteroatoms. The highest BCUT2D eigenvalue weighted by atomic mass is 16.7. The first-order valence-corrected chi connectivity index (χ1v) is 8.49. The smallest absolute Gasteiger partial charge is 0.231 e. The second kappa shape index (κ2) is 7.47. The van der Waals surface area contributed by atoms with Crippen molar-refractivity contribution in [2.24, 2.45) is 0 Å². The highest BCUT2D eigenvalue weighted by Gasteiger charge is 2.16. The first-order valence-electron chi connectivity index (χ1n) is 8.49. The van der Waals surface area contributed by atoms with Crippen molar-refractivity contribution in [3.63, 3.8) is 0 Å². The minimum absolute atomic E-state index is 0.0934. The topological polar surface area (TPSA) is 67.9 Å². The Hall–Kier alpha value is -3.02. The van der Waals surface area contributed by atoms with Crippen molar-refractivity contribution in [3.05, 3.63) is 47.5 Å². The van der Waals surface area contributed by atoms with Crippen LogP contribution in [0.5, 0.6) is 11.5 Å². The molecule has 6 nitrogen and oxygen atoms in total. The van der Waals surface area contributed by atoms with Crippen molar-refractivity contribution in [2.75, 3.05) is 23.6 Å². The summed E-state index contributed by atoms with van der Waals surface area (Å²) in [5, 5.41) is 2.83. The van der Waals surface area contributed by atoms with Gasteiger partial charge in [-0.25, -0.2) is 0 Å². The molecule has 0 aliphatic carbocycles. The van der Waals surface area contributed by atoms with Crippen molar-refractivity contribution >= 4 is 23.2 Å². The van der Waals surface area contributed by atoms with Gasteiger partial charge in [0.25, 0.3) is 0 Å². The van der Waals surface area contributed by atoms with Gasteiger partial charge in [0.1, 0.15) is 0 Å². The van der Waals surface area contributed by atoms with Gasteiger partial charge in [0.15, 0.2) is 11.5 Å². The average Bonchev–Trinajstić information content (AvgIpc) is 3.05. The molecule has 1 aliphatic heterocycles. The molecule has 0 bridgehead atoms. The van der Waals surface area contributed by atoms with E-state index in [2.05, 4.69) is 5.32 Å². The SMILES string of the molecule is CC(=O)N(CCC(=O)Nc1ccc2c(c1)OCO2)c1ccc(C)c(C)c1. The summed E-state index contributed by atoms with van der Waals surface area (Å²) in [7, 11) is 0. The predicted octanol–water partition coefficient (Wildman–Crippen LogP) is 3.41. The number of benzene rings is 2. The van der Waals surface area contributed by atoms with Crippen molar-refractivity contribution < 1.29 is 19.1 Å². The number of carbonyl (C=O) groups excluding carboxylic acids is 2. The summed E-state index contributed by atoms with van der Waals surface area (Å²) in [6, 6.07) is 11.1. The summed E-state index contributed by atoms with van der Waals surface area (Å²) in [4.78, 5) is 25.9. The second-order valence-corrected chi connectivity index (χ2v) is 6.31. The van der Waals surface area contributed by atoms with E-state index in [0.717, 1.165) is 16.8 Å². The molecule has 0 fully saturated rings. The van der Waals surface area contributed by atoms with Crippen LogP contribution in [0.15, 0.2) is 36.4 Å². The van der Waals surface area contributed by atoms with E-state index in [0.29, 0.717) is 23.7 Å². The van der Waals surface area contributed by atoms with Gasteiger partial charge in [-0.1, -0.05) is 6.07 Å². The molecule has 136 valence electrons. The molecule has 2 aromatic carbocycles. The van der Waals surface area contributed by atoms with E-state index in [1.807, 2.05) is 32.0 Å². The van der Waals surface area contributed by atoms with Crippen LogP contribution in [0.1, 0.15) is 24.5 Å². The molecule has 3 rings (SSSR count). The molecule has 0 saturated carbocycles. The molecule has 1 heterocycles. The fraction of sp³-hybridized carbons (Fsp3) is 0.300. The standard InChI is InChI=1S/C20H22N2O4/c1-13-4-6-17(10-14(13)2)22(15(3)23)9-8-20(24)21-16-5-7-18-19(11-16)26-12-25-18/h4-7,10-11H,8-9,12H2,1-3H3,(H,21,24). The lowest BCUT2D eigenvalue weighted by Crippen LogP contribution is -2.32. The maximum absolute atomic E-state index is 12.3. The lowest BCUT2D eigenvalue weighted by atomic mass is 10.1. The molecular weight excluding hydrogens is 332 g/mol. The van der Waals surface area contributed by atoms with Crippen LogP contribution >= 0.6 is 0 Å². The highest BCUT2D eigenvalue weighted by molar-refractivity contribution is 5.95. The largest absolute Gasteiger partial charge is 0.454 e. The molecule has 26 heavy (non-hydrogen) atoms. The Kier molecular flexibility index (Phi) is 5.11. The number of nitrogens with zero attached hydrogens (tertiary/aromatic N) is 1. The maximum Gasteiger partial charge on any atom is 0.231 e. The summed E-state index contributed by atoms with van der Waals surface area (Å²) in [6.07, 6.45) is 0.195. The van der Waals surface area contributed by atoms with Gasteiger partial charge in [0.05, 0.1) is 0 Å². The van der Waals surface area contributed by atoms with E-state index >= 15 is 0 Å². The Labute approximate surface area is 152 Å². The number of carbonyl (C=O) groups is 2. The maximum atomic E-state index is 12.3. The van der Waals surface area contributed by atoms with Crippen molar-refractivity contribution in [2.45, 2.75) is 27.2 Å². The zero-order chi connectivity index (χ0) is 18.7. The third-order valence-electron chi connectivity index (χ3n) is 4.40. The van der Waals surface area contributed by atoms with Gasteiger partial charge in [0.2, 0.25) is 18.6 Å². The van der Waals surface area contributed by atoms with E-state index in [1.165, 1.54) is 6.92 Å². The number of nitrogens with one attached hydrogen (secondary N) is 1. The molecule has 0 aromatic heterocycles. The van der Waals surface area contributed by atoms with Crippen LogP contribution in [-0.2, 0) is 9.59 Å². The normalized spacial score (nSPS) is 12.0. The van der Waals surface area contributed by atoms with Gasteiger partial charge < -0.3 is 19.7 Å². The number of aryl methyl sites for hydroxylation is 2. The molecule has 2 amide bonds. The number of fused-ring (bicyclic) bond motifs is 1. The van der Waals surface area contributed by atoms with E-state index in [-0.39, 0.29) is 25.0 Å². The van der Waals surface area contributed by atoms with Crippen LogP contribution in [0.25, 0.3) is 0 Å². The number of rotatable bonds is 5. The predicted molar refractivity (Wildman–Crippen MR) is 99.8 cm³/mol. The molecular formula is C20H22N2O4. The molecule has 1 aliphatic rings. The number of hydrogen-bond acceptors (Lipinski definition) is 4. The van der Waals surface area contributed by atoms with Crippen molar-refractivity contribution in [3.8, 4) is 11.5 Å². The monoisotopic (exact) mass is 354 g/mol. The first kappa shape index (κ1) is 17.8. The van der Waals surface area contributed by atoms with Gasteiger partial charge in [0, 0.05) is 37.3 Å². The van der Waals surface area contributed by atoms with Gasteiger partial charge >= 0.3 is 0 Å². The van der Waals surface area contributed by atoms with Crippen LogP contribution in [0, 0.1) is 13.8 Å². The molecule has 0 unspecified atom stereocenters. The molecule has 2 aromatic rings. The zero-order valence-electron chi connectivity index (χ0n) is 15.2. The van der Waals surface area contributed by atoms with Gasteiger partial charge in [-0.3, -0.25) is 9.59 Å². The van der Waals surface area contributed by atoms with Gasteiger partial charge in [-0.15, -0.1) is 0 Å². The molecule has 0 atom stereocenters. The Bertz CT molecular complexity index is 848. The van der Waals surface area contributed by atoms with Crippen LogP contribution < -0.4 is 19.7 Å². The van der Waals surface area contributed by atoms with Crippen molar-refractivity contribution in [1.29, 1.82) is 0 Å². The number of amides is 2. The fourth-order valence-corrected chi connectivity index (χ4v) is 2.77. The Balaban J connectivity index is 1.62. The average molecular weight is 354 g/mol. The highest BCUT2D eigenvalue weighted by Crippen LogP contribution is 2.34. The summed E-state index contributed by atoms with van der Waals surface area (Å²) < 4.78 is 10.6. The Morgan fingerprint density at radius 3 is 2.54 bits per heavy atom. The van der Waals surface area contributed by atoms with Crippen LogP contribution in [0.3, 0.4) is 0 Å². The number of ether oxygens (including phenoxy) is 2. The van der Waals surface area contributed by atoms with Crippen LogP contribution in [-0.4, -0.2) is 25.2 Å². The van der Waals surface area contributed by atoms with Gasteiger partial charge in [-0.05, 0) is 49.2 Å². The zero-order valence-corrected chi connectivity index (χ0v) is 15.2. The summed E-state index contributed by atoms with van der Waals surface area (Å²) in [5.74, 6) is 1.02. The molecule has 0 radical (unpaired) electrons. The summed E-state index contributed by atoms with van der Waals surface area (Å²) in [6.45, 7) is 6.04. The quantitative estimate of drug-likeness (QED) is 0.893. The Morgan fingerprint density at radius 1 is 1.04 bits per heavy atom. The molecule has 0 saturated heterocycles. The lowest BCUT2D eigenvalue weighted by molar-refractivity contribution is -0.117. The Morgan fingerprint density at radius 2 is 1.81 bits per heavy atom. The second-order valence-electron chi connectivity index (χ2n) is 6.31. The minimum atomic E-state index is -0.168. The van der Waals surface area contributed by atoms with Crippen LogP contribution in [0.4, 0.5) is 11.4 Å². The molecule has 0 spiro atoms. The summed E-state index contributed by atoms with van der Waals surface area (Å²) >= 11 is 0. The van der Waals surface area contributed by atoms with E-state index in [4.69, 9.17) is 9.47 Å². The number of hydrogen-bond donors (Lipinski definition) is 1.